The maximum Gasteiger partial charge on any atom is 0.290 e. The Bertz CT molecular complexity index is 680. The SMILES string of the molecule is CC(=O)NC[C@H]1[C@H]2C[C@H](CN(Cc3ccn[nH]3)C2)[C@@H]2CCCC(=O)N21.O=CO. The number of rotatable bonds is 4. The van der Waals surface area contributed by atoms with Crippen molar-refractivity contribution < 1.29 is 19.5 Å². The monoisotopic (exact) mass is 391 g/mol. The molecule has 4 atom stereocenters. The Kier molecular flexibility index (Phi) is 6.66. The molecule has 2 amide bonds. The van der Waals surface area contributed by atoms with Crippen molar-refractivity contribution >= 4 is 18.3 Å². The van der Waals surface area contributed by atoms with E-state index in [4.69, 9.17) is 9.90 Å². The van der Waals surface area contributed by atoms with Gasteiger partial charge in [0.05, 0.1) is 6.04 Å². The number of carbonyl (C=O) groups excluding carboxylic acids is 2. The Labute approximate surface area is 164 Å². The third-order valence-electron chi connectivity index (χ3n) is 6.08. The zero-order chi connectivity index (χ0) is 20.1. The average molecular weight is 391 g/mol. The summed E-state index contributed by atoms with van der Waals surface area (Å²) in [5.41, 5.74) is 1.13. The molecule has 4 heterocycles. The normalized spacial score (nSPS) is 29.3. The van der Waals surface area contributed by atoms with Crippen molar-refractivity contribution in [2.45, 2.75) is 51.2 Å². The number of nitrogens with zero attached hydrogens (tertiary/aromatic N) is 3. The maximum atomic E-state index is 12.6. The molecule has 3 N–H and O–H groups in total. The highest BCUT2D eigenvalue weighted by molar-refractivity contribution is 5.78. The predicted octanol–water partition coefficient (Wildman–Crippen LogP) is 0.448. The second-order valence-electron chi connectivity index (χ2n) is 7.90. The summed E-state index contributed by atoms with van der Waals surface area (Å²) in [6.45, 7) is 4.76. The fourth-order valence-electron chi connectivity index (χ4n) is 5.13. The van der Waals surface area contributed by atoms with Crippen LogP contribution in [-0.4, -0.2) is 75.1 Å². The van der Waals surface area contributed by atoms with Gasteiger partial charge in [0.1, 0.15) is 0 Å². The Morgan fingerprint density at radius 1 is 1.43 bits per heavy atom. The standard InChI is InChI=1S/C18H27N5O2.CH2O2/c1-12(24)19-8-17-14-7-13(16-3-2-4-18(25)23(16)17)9-22(10-14)11-15-5-6-20-21-15;2-1-3/h5-6,13-14,16-17H,2-4,7-11H2,1H3,(H,19,24)(H,20,21);1H,(H,2,3)/t13-,14+,16+,17+;/m1./s1. The molecule has 4 rings (SSSR count). The van der Waals surface area contributed by atoms with Gasteiger partial charge in [-0.1, -0.05) is 0 Å². The predicted molar refractivity (Wildman–Crippen MR) is 101 cm³/mol. The van der Waals surface area contributed by atoms with E-state index in [0.29, 0.717) is 30.8 Å². The molecule has 1 aromatic heterocycles. The number of likely N-dealkylation sites (tertiary alicyclic amines) is 1. The lowest BCUT2D eigenvalue weighted by Gasteiger charge is -2.56. The van der Waals surface area contributed by atoms with E-state index in [1.807, 2.05) is 6.07 Å². The summed E-state index contributed by atoms with van der Waals surface area (Å²) < 4.78 is 0. The Hall–Kier alpha value is -2.42. The first-order chi connectivity index (χ1) is 13.5. The molecule has 2 bridgehead atoms. The van der Waals surface area contributed by atoms with Crippen LogP contribution in [0.15, 0.2) is 12.3 Å². The quantitative estimate of drug-likeness (QED) is 0.641. The fraction of sp³-hybridized carbons (Fsp3) is 0.684. The van der Waals surface area contributed by atoms with Crippen LogP contribution in [0.3, 0.4) is 0 Å². The molecule has 0 aliphatic carbocycles. The molecule has 0 saturated carbocycles. The van der Waals surface area contributed by atoms with Gasteiger partial charge in [-0.05, 0) is 37.2 Å². The van der Waals surface area contributed by atoms with E-state index in [-0.39, 0.29) is 24.3 Å². The van der Waals surface area contributed by atoms with Crippen molar-refractivity contribution in [3.8, 4) is 0 Å². The molecule has 3 aliphatic heterocycles. The molecule has 0 spiro atoms. The average Bonchev–Trinajstić information content (AvgIpc) is 3.15. The van der Waals surface area contributed by atoms with E-state index in [2.05, 4.69) is 25.3 Å². The van der Waals surface area contributed by atoms with Crippen LogP contribution >= 0.6 is 0 Å². The maximum absolute atomic E-state index is 12.6. The van der Waals surface area contributed by atoms with Gasteiger partial charge >= 0.3 is 0 Å². The van der Waals surface area contributed by atoms with Gasteiger partial charge < -0.3 is 15.3 Å². The van der Waals surface area contributed by atoms with E-state index in [0.717, 1.165) is 44.6 Å². The van der Waals surface area contributed by atoms with Gasteiger partial charge in [0.25, 0.3) is 6.47 Å². The fourth-order valence-corrected chi connectivity index (χ4v) is 5.13. The Morgan fingerprint density at radius 2 is 2.18 bits per heavy atom. The molecule has 3 fully saturated rings. The summed E-state index contributed by atoms with van der Waals surface area (Å²) >= 11 is 0. The van der Waals surface area contributed by atoms with Crippen LogP contribution in [0.25, 0.3) is 0 Å². The van der Waals surface area contributed by atoms with Crippen molar-refractivity contribution in [3.63, 3.8) is 0 Å². The highest BCUT2D eigenvalue weighted by Gasteiger charge is 2.49. The number of amides is 2. The Balaban J connectivity index is 0.000000706. The van der Waals surface area contributed by atoms with Crippen LogP contribution in [0.5, 0.6) is 0 Å². The van der Waals surface area contributed by atoms with Crippen LogP contribution in [0, 0.1) is 11.8 Å². The van der Waals surface area contributed by atoms with Crippen LogP contribution in [0.4, 0.5) is 0 Å². The first-order valence-electron chi connectivity index (χ1n) is 9.87. The van der Waals surface area contributed by atoms with Gasteiger partial charge in [-0.25, -0.2) is 0 Å². The molecule has 28 heavy (non-hydrogen) atoms. The van der Waals surface area contributed by atoms with Gasteiger partial charge in [-0.2, -0.15) is 5.10 Å². The third-order valence-corrected chi connectivity index (χ3v) is 6.08. The van der Waals surface area contributed by atoms with Crippen LogP contribution in [0.1, 0.15) is 38.3 Å². The van der Waals surface area contributed by atoms with E-state index >= 15 is 0 Å². The summed E-state index contributed by atoms with van der Waals surface area (Å²) in [6, 6.07) is 2.48. The van der Waals surface area contributed by atoms with Crippen LogP contribution in [-0.2, 0) is 20.9 Å². The third kappa shape index (κ3) is 4.52. The van der Waals surface area contributed by atoms with Gasteiger partial charge in [0.15, 0.2) is 0 Å². The summed E-state index contributed by atoms with van der Waals surface area (Å²) in [6.07, 6.45) is 5.70. The van der Waals surface area contributed by atoms with Crippen molar-refractivity contribution in [2.24, 2.45) is 11.8 Å². The van der Waals surface area contributed by atoms with Crippen molar-refractivity contribution in [3.05, 3.63) is 18.0 Å². The van der Waals surface area contributed by atoms with Gasteiger partial charge in [0, 0.05) is 57.5 Å². The van der Waals surface area contributed by atoms with E-state index in [9.17, 15) is 9.59 Å². The summed E-state index contributed by atoms with van der Waals surface area (Å²) in [5.74, 6) is 1.22. The molecule has 0 radical (unpaired) electrons. The highest BCUT2D eigenvalue weighted by atomic mass is 16.3. The van der Waals surface area contributed by atoms with E-state index in [1.54, 1.807) is 13.1 Å². The molecular weight excluding hydrogens is 362 g/mol. The lowest BCUT2D eigenvalue weighted by Crippen LogP contribution is -2.66. The highest BCUT2D eigenvalue weighted by Crippen LogP contribution is 2.41. The topological polar surface area (TPSA) is 119 Å². The molecule has 0 aromatic carbocycles. The molecule has 3 saturated heterocycles. The van der Waals surface area contributed by atoms with Crippen molar-refractivity contribution in [1.29, 1.82) is 0 Å². The van der Waals surface area contributed by atoms with E-state index < -0.39 is 0 Å². The number of fused-ring (bicyclic) bond motifs is 4. The number of hydrogen-bond acceptors (Lipinski definition) is 5. The Morgan fingerprint density at radius 3 is 2.86 bits per heavy atom. The molecule has 0 unspecified atom stereocenters. The zero-order valence-electron chi connectivity index (χ0n) is 16.2. The lowest BCUT2D eigenvalue weighted by molar-refractivity contribution is -0.153. The summed E-state index contributed by atoms with van der Waals surface area (Å²) in [4.78, 5) is 37.1. The number of carboxylic acid groups (broad SMARTS) is 1. The first-order valence-corrected chi connectivity index (χ1v) is 9.87. The second-order valence-corrected chi connectivity index (χ2v) is 7.90. The molecule has 9 heteroatoms. The van der Waals surface area contributed by atoms with E-state index in [1.165, 1.54) is 0 Å². The zero-order valence-corrected chi connectivity index (χ0v) is 16.2. The van der Waals surface area contributed by atoms with Crippen molar-refractivity contribution in [1.82, 2.24) is 25.3 Å². The molecule has 3 aliphatic rings. The number of H-pyrrole nitrogens is 1. The minimum absolute atomic E-state index is 0.0201. The number of carbonyl (C=O) groups is 3. The van der Waals surface area contributed by atoms with Gasteiger partial charge in [-0.3, -0.25) is 24.4 Å². The number of aromatic amines is 1. The smallest absolute Gasteiger partial charge is 0.290 e. The number of nitrogens with one attached hydrogen (secondary N) is 2. The lowest BCUT2D eigenvalue weighted by atomic mass is 9.72. The van der Waals surface area contributed by atoms with Crippen LogP contribution in [0.2, 0.25) is 0 Å². The first kappa shape index (κ1) is 20.3. The minimum Gasteiger partial charge on any atom is -0.483 e. The molecular formula is C19H29N5O4. The molecule has 1 aromatic rings. The summed E-state index contributed by atoms with van der Waals surface area (Å²) in [7, 11) is 0. The van der Waals surface area contributed by atoms with Gasteiger partial charge in [0.2, 0.25) is 11.8 Å². The van der Waals surface area contributed by atoms with Crippen molar-refractivity contribution in [2.75, 3.05) is 19.6 Å². The largest absolute Gasteiger partial charge is 0.483 e. The minimum atomic E-state index is -0.250. The van der Waals surface area contributed by atoms with Gasteiger partial charge in [-0.15, -0.1) is 0 Å². The number of hydrogen-bond donors (Lipinski definition) is 3. The molecule has 154 valence electrons. The number of aromatic nitrogens is 2. The summed E-state index contributed by atoms with van der Waals surface area (Å²) in [5, 5.41) is 17.0. The van der Waals surface area contributed by atoms with Crippen LogP contribution < -0.4 is 5.32 Å². The second kappa shape index (κ2) is 9.18. The molecule has 9 nitrogen and oxygen atoms in total. The number of piperidine rings is 3.